The lowest BCUT2D eigenvalue weighted by atomic mass is 10.0. The van der Waals surface area contributed by atoms with Crippen molar-refractivity contribution >= 4 is 11.6 Å². The smallest absolute Gasteiger partial charge is 0.0992 e. The second kappa shape index (κ2) is 4.68. The summed E-state index contributed by atoms with van der Waals surface area (Å²) in [7, 11) is 0. The van der Waals surface area contributed by atoms with Gasteiger partial charge in [-0.3, -0.25) is 4.90 Å². The molecule has 0 amide bonds. The third-order valence-electron chi connectivity index (χ3n) is 3.62. The van der Waals surface area contributed by atoms with Crippen LogP contribution in [-0.2, 0) is 6.54 Å². The number of hydrogen-bond donors (Lipinski definition) is 0. The van der Waals surface area contributed by atoms with Gasteiger partial charge >= 0.3 is 0 Å². The van der Waals surface area contributed by atoms with Crippen molar-refractivity contribution in [3.63, 3.8) is 0 Å². The van der Waals surface area contributed by atoms with Crippen LogP contribution >= 0.6 is 11.6 Å². The molecule has 1 fully saturated rings. The zero-order valence-electron chi connectivity index (χ0n) is 10.3. The van der Waals surface area contributed by atoms with Crippen LogP contribution < -0.4 is 0 Å². The molecule has 0 radical (unpaired) electrons. The Morgan fingerprint density at radius 1 is 1.47 bits per heavy atom. The summed E-state index contributed by atoms with van der Waals surface area (Å²) in [5.41, 5.74) is 2.00. The summed E-state index contributed by atoms with van der Waals surface area (Å²) in [5.74, 6) is 0. The summed E-state index contributed by atoms with van der Waals surface area (Å²) in [6, 6.07) is 7.66. The number of benzene rings is 1. The van der Waals surface area contributed by atoms with Crippen LogP contribution in [0.5, 0.6) is 0 Å². The van der Waals surface area contributed by atoms with E-state index in [1.807, 2.05) is 12.1 Å². The minimum atomic E-state index is 0.261. The van der Waals surface area contributed by atoms with Crippen molar-refractivity contribution in [3.05, 3.63) is 34.3 Å². The lowest BCUT2D eigenvalue weighted by Gasteiger charge is -2.31. The Hall–Kier alpha value is -1.04. The Labute approximate surface area is 108 Å². The van der Waals surface area contributed by atoms with Gasteiger partial charge in [0.15, 0.2) is 0 Å². The molecule has 1 aromatic rings. The number of nitriles is 1. The second-order valence-corrected chi connectivity index (χ2v) is 5.66. The van der Waals surface area contributed by atoms with E-state index in [1.165, 1.54) is 12.8 Å². The molecule has 0 aromatic heterocycles. The minimum Gasteiger partial charge on any atom is -0.294 e. The predicted octanol–water partition coefficient (Wildman–Crippen LogP) is 3.59. The minimum absolute atomic E-state index is 0.261. The maximum absolute atomic E-state index is 8.80. The number of rotatable bonds is 2. The van der Waals surface area contributed by atoms with Gasteiger partial charge in [0.05, 0.1) is 11.6 Å². The van der Waals surface area contributed by atoms with Crippen molar-refractivity contribution in [2.75, 3.05) is 6.54 Å². The number of nitrogens with zero attached hydrogens (tertiary/aromatic N) is 2. The fraction of sp³-hybridized carbons (Fsp3) is 0.500. The van der Waals surface area contributed by atoms with Crippen molar-refractivity contribution in [1.82, 2.24) is 4.90 Å². The van der Waals surface area contributed by atoms with Crippen LogP contribution in [0.2, 0.25) is 5.02 Å². The second-order valence-electron chi connectivity index (χ2n) is 5.26. The maximum Gasteiger partial charge on any atom is 0.0992 e. The molecular weight excluding hydrogens is 232 g/mol. The molecule has 3 heteroatoms. The topological polar surface area (TPSA) is 27.0 Å². The Bertz CT molecular complexity index is 460. The Morgan fingerprint density at radius 3 is 2.76 bits per heavy atom. The highest BCUT2D eigenvalue weighted by atomic mass is 35.5. The average Bonchev–Trinajstić information content (AvgIpc) is 2.61. The quantitative estimate of drug-likeness (QED) is 0.800. The van der Waals surface area contributed by atoms with Crippen LogP contribution in [0.1, 0.15) is 37.8 Å². The maximum atomic E-state index is 8.80. The normalized spacial score (nSPS) is 19.2. The Balaban J connectivity index is 2.17. The number of halogens is 1. The lowest BCUT2D eigenvalue weighted by Crippen LogP contribution is -2.37. The van der Waals surface area contributed by atoms with E-state index in [-0.39, 0.29) is 5.54 Å². The van der Waals surface area contributed by atoms with Crippen LogP contribution in [0.4, 0.5) is 0 Å². The Kier molecular flexibility index (Phi) is 3.42. The monoisotopic (exact) mass is 248 g/mol. The molecule has 2 nitrogen and oxygen atoms in total. The van der Waals surface area contributed by atoms with Gasteiger partial charge in [0.2, 0.25) is 0 Å². The van der Waals surface area contributed by atoms with Gasteiger partial charge in [-0.25, -0.2) is 0 Å². The molecule has 0 aliphatic carbocycles. The first-order valence-electron chi connectivity index (χ1n) is 5.96. The van der Waals surface area contributed by atoms with E-state index in [4.69, 9.17) is 16.9 Å². The molecule has 0 bridgehead atoms. The highest BCUT2D eigenvalue weighted by Gasteiger charge is 2.31. The molecule has 0 unspecified atom stereocenters. The summed E-state index contributed by atoms with van der Waals surface area (Å²) >= 11 is 6.20. The van der Waals surface area contributed by atoms with E-state index in [2.05, 4.69) is 24.8 Å². The number of hydrogen-bond acceptors (Lipinski definition) is 2. The first-order chi connectivity index (χ1) is 8.03. The van der Waals surface area contributed by atoms with Crippen molar-refractivity contribution in [1.29, 1.82) is 5.26 Å². The van der Waals surface area contributed by atoms with E-state index >= 15 is 0 Å². The van der Waals surface area contributed by atoms with E-state index < -0.39 is 0 Å². The van der Waals surface area contributed by atoms with Gasteiger partial charge < -0.3 is 0 Å². The first-order valence-corrected chi connectivity index (χ1v) is 6.34. The van der Waals surface area contributed by atoms with Crippen LogP contribution in [0.25, 0.3) is 0 Å². The van der Waals surface area contributed by atoms with Gasteiger partial charge in [0.1, 0.15) is 0 Å². The van der Waals surface area contributed by atoms with E-state index in [0.29, 0.717) is 10.6 Å². The fourth-order valence-electron chi connectivity index (χ4n) is 2.41. The van der Waals surface area contributed by atoms with Gasteiger partial charge in [0, 0.05) is 17.1 Å². The number of likely N-dealkylation sites (tertiary alicyclic amines) is 1. The summed E-state index contributed by atoms with van der Waals surface area (Å²) in [4.78, 5) is 2.46. The van der Waals surface area contributed by atoms with Gasteiger partial charge in [0.25, 0.3) is 0 Å². The van der Waals surface area contributed by atoms with E-state index in [0.717, 1.165) is 18.7 Å². The van der Waals surface area contributed by atoms with Gasteiger partial charge in [-0.15, -0.1) is 0 Å². The van der Waals surface area contributed by atoms with Crippen molar-refractivity contribution < 1.29 is 0 Å². The standard InChI is InChI=1S/C14H17ClN2/c1-14(2)6-3-7-17(14)10-12-5-4-11(9-16)8-13(12)15/h4-5,8H,3,6-7,10H2,1-2H3. The summed E-state index contributed by atoms with van der Waals surface area (Å²) in [5, 5.41) is 9.50. The van der Waals surface area contributed by atoms with Crippen molar-refractivity contribution in [2.24, 2.45) is 0 Å². The lowest BCUT2D eigenvalue weighted by molar-refractivity contribution is 0.166. The zero-order chi connectivity index (χ0) is 12.5. The van der Waals surface area contributed by atoms with Gasteiger partial charge in [-0.2, -0.15) is 5.26 Å². The molecule has 17 heavy (non-hydrogen) atoms. The van der Waals surface area contributed by atoms with Crippen LogP contribution in [0.3, 0.4) is 0 Å². The van der Waals surface area contributed by atoms with Crippen LogP contribution in [-0.4, -0.2) is 17.0 Å². The summed E-state index contributed by atoms with van der Waals surface area (Å²) < 4.78 is 0. The van der Waals surface area contributed by atoms with Crippen LogP contribution in [0.15, 0.2) is 18.2 Å². The molecule has 0 atom stereocenters. The zero-order valence-corrected chi connectivity index (χ0v) is 11.1. The molecule has 2 rings (SSSR count). The Morgan fingerprint density at radius 2 is 2.24 bits per heavy atom. The van der Waals surface area contributed by atoms with E-state index in [9.17, 15) is 0 Å². The van der Waals surface area contributed by atoms with Crippen LogP contribution in [0, 0.1) is 11.3 Å². The molecule has 0 spiro atoms. The fourth-order valence-corrected chi connectivity index (χ4v) is 2.65. The highest BCUT2D eigenvalue weighted by molar-refractivity contribution is 6.31. The molecule has 90 valence electrons. The first kappa shape index (κ1) is 12.4. The third kappa shape index (κ3) is 2.62. The SMILES string of the molecule is CC1(C)CCCN1Cc1ccc(C#N)cc1Cl. The summed E-state index contributed by atoms with van der Waals surface area (Å²) in [6.07, 6.45) is 2.49. The largest absolute Gasteiger partial charge is 0.294 e. The van der Waals surface area contributed by atoms with Crippen molar-refractivity contribution in [2.45, 2.75) is 38.8 Å². The molecule has 1 saturated heterocycles. The summed E-state index contributed by atoms with van der Waals surface area (Å²) in [6.45, 7) is 6.55. The van der Waals surface area contributed by atoms with Crippen molar-refractivity contribution in [3.8, 4) is 6.07 Å². The molecule has 1 aliphatic rings. The van der Waals surface area contributed by atoms with Gasteiger partial charge in [-0.1, -0.05) is 17.7 Å². The van der Waals surface area contributed by atoms with E-state index in [1.54, 1.807) is 6.07 Å². The molecule has 1 heterocycles. The molecule has 0 saturated carbocycles. The molecular formula is C14H17ClN2. The van der Waals surface area contributed by atoms with Gasteiger partial charge in [-0.05, 0) is 50.9 Å². The third-order valence-corrected chi connectivity index (χ3v) is 3.97. The average molecular weight is 249 g/mol. The molecule has 1 aliphatic heterocycles. The molecule has 0 N–H and O–H groups in total. The predicted molar refractivity (Wildman–Crippen MR) is 69.9 cm³/mol. The highest BCUT2D eigenvalue weighted by Crippen LogP contribution is 2.31. The molecule has 1 aromatic carbocycles.